The number of carbonyl (C=O) groups is 2. The van der Waals surface area contributed by atoms with E-state index < -0.39 is 17.6 Å². The number of nitrogens with one attached hydrogen (secondary N) is 1. The molecule has 0 aromatic heterocycles. The van der Waals surface area contributed by atoms with Gasteiger partial charge in [0, 0.05) is 12.5 Å². The highest BCUT2D eigenvalue weighted by molar-refractivity contribution is 5.86. The van der Waals surface area contributed by atoms with E-state index in [1.165, 1.54) is 0 Å². The van der Waals surface area contributed by atoms with Crippen LogP contribution in [0.3, 0.4) is 0 Å². The van der Waals surface area contributed by atoms with E-state index in [2.05, 4.69) is 10.2 Å². The third-order valence-corrected chi connectivity index (χ3v) is 6.29. The predicted octanol–water partition coefficient (Wildman–Crippen LogP) is 3.23. The van der Waals surface area contributed by atoms with Gasteiger partial charge in [-0.15, -0.1) is 0 Å². The van der Waals surface area contributed by atoms with E-state index in [9.17, 15) is 14.7 Å². The number of amides is 1. The Kier molecular flexibility index (Phi) is 5.53. The monoisotopic (exact) mass is 394 g/mol. The molecule has 2 atom stereocenters. The number of hydrogen-bond donors (Lipinski definition) is 2. The number of ether oxygens (including phenoxy) is 1. The molecule has 2 N–H and O–H groups in total. The molecule has 2 aromatic rings. The van der Waals surface area contributed by atoms with Crippen LogP contribution >= 0.6 is 0 Å². The third kappa shape index (κ3) is 3.85. The number of benzene rings is 2. The van der Waals surface area contributed by atoms with Gasteiger partial charge < -0.3 is 20.1 Å². The first-order valence-corrected chi connectivity index (χ1v) is 10.1. The standard InChI is InChI=1S/C23H26N2O4/c26-21(27)23(19-9-5-2-6-10-19,20-15-25-13-11-18(20)12-14-25)24-22(28)29-16-17-7-3-1-4-8-17/h1-10,18,20H,11-16H2,(H,24,28)(H,26,27)/t20-,23?/m0/s1. The number of carboxylic acid groups (broad SMARTS) is 1. The van der Waals surface area contributed by atoms with Crippen LogP contribution in [0.1, 0.15) is 24.0 Å². The second-order valence-corrected chi connectivity index (χ2v) is 7.91. The summed E-state index contributed by atoms with van der Waals surface area (Å²) in [6.07, 6.45) is 1.19. The van der Waals surface area contributed by atoms with Crippen molar-refractivity contribution in [1.29, 1.82) is 0 Å². The maximum atomic E-state index is 12.7. The van der Waals surface area contributed by atoms with Gasteiger partial charge in [0.1, 0.15) is 6.61 Å². The molecule has 5 rings (SSSR count). The summed E-state index contributed by atoms with van der Waals surface area (Å²) in [5, 5.41) is 13.2. The molecule has 0 saturated carbocycles. The molecule has 29 heavy (non-hydrogen) atoms. The first-order chi connectivity index (χ1) is 14.1. The van der Waals surface area contributed by atoms with E-state index >= 15 is 0 Å². The lowest BCUT2D eigenvalue weighted by Crippen LogP contribution is -2.64. The van der Waals surface area contributed by atoms with Gasteiger partial charge in [-0.3, -0.25) is 0 Å². The smallest absolute Gasteiger partial charge is 0.408 e. The molecule has 3 aliphatic rings. The van der Waals surface area contributed by atoms with Gasteiger partial charge in [0.05, 0.1) is 0 Å². The fourth-order valence-corrected chi connectivity index (χ4v) is 4.79. The Morgan fingerprint density at radius 3 is 2.21 bits per heavy atom. The molecule has 0 aliphatic carbocycles. The van der Waals surface area contributed by atoms with Crippen LogP contribution in [0.4, 0.5) is 4.79 Å². The minimum Gasteiger partial charge on any atom is -0.479 e. The maximum absolute atomic E-state index is 12.7. The molecule has 0 spiro atoms. The number of carbonyl (C=O) groups excluding carboxylic acids is 1. The molecule has 1 amide bonds. The summed E-state index contributed by atoms with van der Waals surface area (Å²) < 4.78 is 5.40. The minimum atomic E-state index is -1.52. The Morgan fingerprint density at radius 1 is 1.03 bits per heavy atom. The van der Waals surface area contributed by atoms with Crippen LogP contribution in [-0.4, -0.2) is 41.7 Å². The average Bonchev–Trinajstić information content (AvgIpc) is 2.78. The molecule has 2 bridgehead atoms. The van der Waals surface area contributed by atoms with Gasteiger partial charge in [0.15, 0.2) is 5.54 Å². The molecule has 3 heterocycles. The molecule has 0 radical (unpaired) electrons. The molecular formula is C23H26N2O4. The molecule has 2 aromatic carbocycles. The van der Waals surface area contributed by atoms with Gasteiger partial charge in [-0.25, -0.2) is 9.59 Å². The minimum absolute atomic E-state index is 0.0946. The van der Waals surface area contributed by atoms with Crippen LogP contribution in [0.25, 0.3) is 0 Å². The van der Waals surface area contributed by atoms with Crippen LogP contribution in [0, 0.1) is 11.8 Å². The van der Waals surface area contributed by atoms with Gasteiger partial charge in [0.25, 0.3) is 0 Å². The molecule has 152 valence electrons. The van der Waals surface area contributed by atoms with Crippen LogP contribution in [0.5, 0.6) is 0 Å². The van der Waals surface area contributed by atoms with E-state index in [1.807, 2.05) is 48.5 Å². The SMILES string of the molecule is O=C(NC(C(=O)O)(c1ccccc1)[C@H]1CN2CCC1CC2)OCc1ccccc1. The van der Waals surface area contributed by atoms with Crippen molar-refractivity contribution in [3.8, 4) is 0 Å². The highest BCUT2D eigenvalue weighted by Gasteiger charge is 2.54. The number of carboxylic acids is 1. The average molecular weight is 394 g/mol. The quantitative estimate of drug-likeness (QED) is 0.786. The summed E-state index contributed by atoms with van der Waals surface area (Å²) in [4.78, 5) is 27.8. The summed E-state index contributed by atoms with van der Waals surface area (Å²) in [5.74, 6) is -1.00. The highest BCUT2D eigenvalue weighted by Crippen LogP contribution is 2.43. The van der Waals surface area contributed by atoms with Gasteiger partial charge in [-0.2, -0.15) is 0 Å². The topological polar surface area (TPSA) is 78.9 Å². The van der Waals surface area contributed by atoms with Crippen molar-refractivity contribution in [3.63, 3.8) is 0 Å². The molecule has 1 unspecified atom stereocenters. The molecule has 3 saturated heterocycles. The van der Waals surface area contributed by atoms with Crippen LogP contribution in [0.2, 0.25) is 0 Å². The zero-order valence-corrected chi connectivity index (χ0v) is 16.3. The van der Waals surface area contributed by atoms with E-state index in [0.29, 0.717) is 12.1 Å². The number of alkyl carbamates (subject to hydrolysis) is 1. The van der Waals surface area contributed by atoms with Crippen LogP contribution in [-0.2, 0) is 21.7 Å². The summed E-state index contributed by atoms with van der Waals surface area (Å²) >= 11 is 0. The summed E-state index contributed by atoms with van der Waals surface area (Å²) in [6.45, 7) is 2.73. The zero-order valence-electron chi connectivity index (χ0n) is 16.3. The summed E-state index contributed by atoms with van der Waals surface area (Å²) in [7, 11) is 0. The first kappa shape index (κ1) is 19.5. The number of aliphatic carboxylic acids is 1. The normalized spacial score (nSPS) is 25.0. The predicted molar refractivity (Wildman–Crippen MR) is 108 cm³/mol. The first-order valence-electron chi connectivity index (χ1n) is 10.1. The molecule has 6 heteroatoms. The lowest BCUT2D eigenvalue weighted by atomic mass is 9.66. The summed E-state index contributed by atoms with van der Waals surface area (Å²) in [5.41, 5.74) is -0.0762. The van der Waals surface area contributed by atoms with Crippen LogP contribution in [0.15, 0.2) is 60.7 Å². The van der Waals surface area contributed by atoms with Gasteiger partial charge in [-0.1, -0.05) is 60.7 Å². The second kappa shape index (κ2) is 8.25. The molecule has 3 fully saturated rings. The lowest BCUT2D eigenvalue weighted by Gasteiger charge is -2.51. The van der Waals surface area contributed by atoms with Crippen molar-refractivity contribution in [2.24, 2.45) is 11.8 Å². The Labute approximate surface area is 170 Å². The van der Waals surface area contributed by atoms with Gasteiger partial charge in [-0.05, 0) is 43.0 Å². The molecular weight excluding hydrogens is 368 g/mol. The third-order valence-electron chi connectivity index (χ3n) is 6.29. The fraction of sp³-hybridized carbons (Fsp3) is 0.391. The Morgan fingerprint density at radius 2 is 1.66 bits per heavy atom. The van der Waals surface area contributed by atoms with E-state index in [-0.39, 0.29) is 18.4 Å². The molecule has 3 aliphatic heterocycles. The van der Waals surface area contributed by atoms with Crippen molar-refractivity contribution in [1.82, 2.24) is 10.2 Å². The van der Waals surface area contributed by atoms with E-state index in [0.717, 1.165) is 31.5 Å². The van der Waals surface area contributed by atoms with E-state index in [1.54, 1.807) is 12.1 Å². The number of piperidine rings is 3. The fourth-order valence-electron chi connectivity index (χ4n) is 4.79. The zero-order chi connectivity index (χ0) is 20.3. The largest absolute Gasteiger partial charge is 0.479 e. The number of hydrogen-bond acceptors (Lipinski definition) is 4. The lowest BCUT2D eigenvalue weighted by molar-refractivity contribution is -0.152. The number of nitrogens with zero attached hydrogens (tertiary/aromatic N) is 1. The van der Waals surface area contributed by atoms with Crippen molar-refractivity contribution in [2.75, 3.05) is 19.6 Å². The van der Waals surface area contributed by atoms with E-state index in [4.69, 9.17) is 4.74 Å². The van der Waals surface area contributed by atoms with Crippen molar-refractivity contribution >= 4 is 12.1 Å². The Bertz CT molecular complexity index is 850. The maximum Gasteiger partial charge on any atom is 0.408 e. The van der Waals surface area contributed by atoms with Crippen LogP contribution < -0.4 is 5.32 Å². The number of fused-ring (bicyclic) bond motifs is 3. The van der Waals surface area contributed by atoms with Crippen molar-refractivity contribution in [3.05, 3.63) is 71.8 Å². The number of rotatable bonds is 6. The summed E-state index contributed by atoms with van der Waals surface area (Å²) in [6, 6.07) is 18.4. The van der Waals surface area contributed by atoms with Gasteiger partial charge >= 0.3 is 12.1 Å². The Hall–Kier alpha value is -2.86. The highest BCUT2D eigenvalue weighted by atomic mass is 16.5. The Balaban J connectivity index is 1.62. The second-order valence-electron chi connectivity index (χ2n) is 7.91. The van der Waals surface area contributed by atoms with Crippen molar-refractivity contribution < 1.29 is 19.4 Å². The van der Waals surface area contributed by atoms with Crippen molar-refractivity contribution in [2.45, 2.75) is 25.0 Å². The molecule has 6 nitrogen and oxygen atoms in total. The van der Waals surface area contributed by atoms with Gasteiger partial charge in [0.2, 0.25) is 0 Å².